The molecule has 1 N–H and O–H groups in total. The molecule has 0 bridgehead atoms. The van der Waals surface area contributed by atoms with Crippen LogP contribution < -0.4 is 4.90 Å². The van der Waals surface area contributed by atoms with Gasteiger partial charge in [-0.1, -0.05) is 6.07 Å². The lowest BCUT2D eigenvalue weighted by atomic mass is 10.0. The van der Waals surface area contributed by atoms with Crippen molar-refractivity contribution in [1.82, 2.24) is 4.98 Å². The highest BCUT2D eigenvalue weighted by Crippen LogP contribution is 2.22. The number of nitrogens with zero attached hydrogens (tertiary/aromatic N) is 2. The van der Waals surface area contributed by atoms with Gasteiger partial charge in [-0.05, 0) is 38.3 Å². The summed E-state index contributed by atoms with van der Waals surface area (Å²) in [6.07, 6.45) is 3.55. The number of carbonyl (C=O) groups is 1. The monoisotopic (exact) mass is 220 g/mol. The van der Waals surface area contributed by atoms with Crippen LogP contribution in [0.2, 0.25) is 0 Å². The smallest absolute Gasteiger partial charge is 0.354 e. The molecule has 86 valence electrons. The lowest BCUT2D eigenvalue weighted by molar-refractivity contribution is 0.0690. The zero-order valence-corrected chi connectivity index (χ0v) is 9.39. The summed E-state index contributed by atoms with van der Waals surface area (Å²) in [6, 6.07) is 5.62. The van der Waals surface area contributed by atoms with Crippen LogP contribution in [-0.4, -0.2) is 28.6 Å². The minimum Gasteiger partial charge on any atom is -0.477 e. The number of aromatic carboxylic acids is 1. The number of carboxylic acids is 1. The first-order chi connectivity index (χ1) is 7.68. The van der Waals surface area contributed by atoms with Crippen LogP contribution in [0.25, 0.3) is 0 Å². The van der Waals surface area contributed by atoms with Crippen LogP contribution >= 0.6 is 0 Å². The molecule has 1 atom stereocenters. The number of aromatic nitrogens is 1. The number of pyridine rings is 1. The van der Waals surface area contributed by atoms with Crippen LogP contribution in [0.3, 0.4) is 0 Å². The zero-order chi connectivity index (χ0) is 11.5. The minimum absolute atomic E-state index is 0.121. The van der Waals surface area contributed by atoms with Crippen LogP contribution in [0.15, 0.2) is 18.2 Å². The fourth-order valence-corrected chi connectivity index (χ4v) is 2.14. The Balaban J connectivity index is 2.25. The third-order valence-corrected chi connectivity index (χ3v) is 3.05. The van der Waals surface area contributed by atoms with E-state index in [0.29, 0.717) is 6.04 Å². The fraction of sp³-hybridized carbons (Fsp3) is 0.500. The van der Waals surface area contributed by atoms with Gasteiger partial charge in [-0.3, -0.25) is 0 Å². The molecule has 4 heteroatoms. The van der Waals surface area contributed by atoms with Gasteiger partial charge in [0, 0.05) is 12.6 Å². The number of piperidine rings is 1. The second-order valence-electron chi connectivity index (χ2n) is 4.22. The van der Waals surface area contributed by atoms with E-state index < -0.39 is 5.97 Å². The SMILES string of the molecule is CC1CCCCN1c1cccc(C(=O)O)n1. The molecule has 2 rings (SSSR count). The summed E-state index contributed by atoms with van der Waals surface area (Å²) < 4.78 is 0. The predicted molar refractivity (Wildman–Crippen MR) is 61.9 cm³/mol. The van der Waals surface area contributed by atoms with E-state index in [1.165, 1.54) is 12.5 Å². The largest absolute Gasteiger partial charge is 0.477 e. The zero-order valence-electron chi connectivity index (χ0n) is 9.39. The molecule has 0 amide bonds. The third-order valence-electron chi connectivity index (χ3n) is 3.05. The molecular formula is C12H16N2O2. The lowest BCUT2D eigenvalue weighted by Crippen LogP contribution is -2.38. The van der Waals surface area contributed by atoms with Gasteiger partial charge in [0.15, 0.2) is 5.69 Å². The molecule has 2 heterocycles. The molecule has 1 saturated heterocycles. The van der Waals surface area contributed by atoms with Crippen molar-refractivity contribution in [2.75, 3.05) is 11.4 Å². The molecule has 4 nitrogen and oxygen atoms in total. The van der Waals surface area contributed by atoms with Gasteiger partial charge < -0.3 is 10.0 Å². The lowest BCUT2D eigenvalue weighted by Gasteiger charge is -2.34. The Morgan fingerprint density at radius 3 is 3.00 bits per heavy atom. The van der Waals surface area contributed by atoms with E-state index in [1.807, 2.05) is 6.07 Å². The van der Waals surface area contributed by atoms with E-state index in [9.17, 15) is 4.79 Å². The first kappa shape index (κ1) is 10.9. The molecule has 0 aliphatic carbocycles. The third kappa shape index (κ3) is 2.15. The van der Waals surface area contributed by atoms with Crippen molar-refractivity contribution in [3.05, 3.63) is 23.9 Å². The maximum Gasteiger partial charge on any atom is 0.354 e. The second-order valence-corrected chi connectivity index (χ2v) is 4.22. The average Bonchev–Trinajstić information content (AvgIpc) is 2.30. The van der Waals surface area contributed by atoms with Gasteiger partial charge >= 0.3 is 5.97 Å². The Bertz CT molecular complexity index is 392. The van der Waals surface area contributed by atoms with Crippen LogP contribution in [0.5, 0.6) is 0 Å². The minimum atomic E-state index is -0.966. The summed E-state index contributed by atoms with van der Waals surface area (Å²) >= 11 is 0. The molecule has 0 radical (unpaired) electrons. The highest BCUT2D eigenvalue weighted by molar-refractivity contribution is 5.85. The predicted octanol–water partition coefficient (Wildman–Crippen LogP) is 2.16. The Kier molecular flexibility index (Phi) is 3.08. The second kappa shape index (κ2) is 4.51. The van der Waals surface area contributed by atoms with Crippen molar-refractivity contribution in [3.63, 3.8) is 0 Å². The van der Waals surface area contributed by atoms with E-state index in [1.54, 1.807) is 6.07 Å². The molecule has 1 aliphatic heterocycles. The van der Waals surface area contributed by atoms with Crippen molar-refractivity contribution in [2.45, 2.75) is 32.2 Å². The van der Waals surface area contributed by atoms with Gasteiger partial charge in [0.2, 0.25) is 0 Å². The number of rotatable bonds is 2. The van der Waals surface area contributed by atoms with Crippen molar-refractivity contribution in [3.8, 4) is 0 Å². The molecule has 0 aromatic carbocycles. The van der Waals surface area contributed by atoms with E-state index >= 15 is 0 Å². The number of hydrogen-bond acceptors (Lipinski definition) is 3. The molecule has 1 aromatic heterocycles. The van der Waals surface area contributed by atoms with Crippen LogP contribution in [-0.2, 0) is 0 Å². The maximum absolute atomic E-state index is 10.8. The van der Waals surface area contributed by atoms with Crippen molar-refractivity contribution in [1.29, 1.82) is 0 Å². The topological polar surface area (TPSA) is 53.4 Å². The van der Waals surface area contributed by atoms with Gasteiger partial charge in [-0.2, -0.15) is 0 Å². The van der Waals surface area contributed by atoms with E-state index in [-0.39, 0.29) is 5.69 Å². The Hall–Kier alpha value is -1.58. The molecule has 16 heavy (non-hydrogen) atoms. The average molecular weight is 220 g/mol. The molecule has 0 saturated carbocycles. The quantitative estimate of drug-likeness (QED) is 0.829. The van der Waals surface area contributed by atoms with E-state index in [2.05, 4.69) is 16.8 Å². The first-order valence-corrected chi connectivity index (χ1v) is 5.65. The summed E-state index contributed by atoms with van der Waals surface area (Å²) in [6.45, 7) is 3.13. The van der Waals surface area contributed by atoms with Crippen molar-refractivity contribution < 1.29 is 9.90 Å². The summed E-state index contributed by atoms with van der Waals surface area (Å²) in [7, 11) is 0. The number of anilines is 1. The molecular weight excluding hydrogens is 204 g/mol. The highest BCUT2D eigenvalue weighted by Gasteiger charge is 2.20. The molecule has 0 spiro atoms. The van der Waals surface area contributed by atoms with Gasteiger partial charge in [0.25, 0.3) is 0 Å². The summed E-state index contributed by atoms with van der Waals surface area (Å²) in [5.74, 6) is -0.182. The van der Waals surface area contributed by atoms with Gasteiger partial charge in [-0.25, -0.2) is 9.78 Å². The Morgan fingerprint density at radius 1 is 1.50 bits per heavy atom. The first-order valence-electron chi connectivity index (χ1n) is 5.65. The highest BCUT2D eigenvalue weighted by atomic mass is 16.4. The van der Waals surface area contributed by atoms with Gasteiger partial charge in [0.1, 0.15) is 5.82 Å². The molecule has 1 unspecified atom stereocenters. The normalized spacial score (nSPS) is 20.8. The van der Waals surface area contributed by atoms with Crippen LogP contribution in [0, 0.1) is 0 Å². The van der Waals surface area contributed by atoms with Crippen LogP contribution in [0.1, 0.15) is 36.7 Å². The van der Waals surface area contributed by atoms with Crippen molar-refractivity contribution >= 4 is 11.8 Å². The summed E-state index contributed by atoms with van der Waals surface area (Å²) in [4.78, 5) is 17.2. The summed E-state index contributed by atoms with van der Waals surface area (Å²) in [5.41, 5.74) is 0.121. The molecule has 1 fully saturated rings. The molecule has 1 aliphatic rings. The number of carboxylic acid groups (broad SMARTS) is 1. The number of hydrogen-bond donors (Lipinski definition) is 1. The Morgan fingerprint density at radius 2 is 2.31 bits per heavy atom. The standard InChI is InChI=1S/C12H16N2O2/c1-9-5-2-3-8-14(9)11-7-4-6-10(13-11)12(15)16/h4,6-7,9H,2-3,5,8H2,1H3,(H,15,16). The Labute approximate surface area is 94.9 Å². The maximum atomic E-state index is 10.8. The summed E-state index contributed by atoms with van der Waals surface area (Å²) in [5, 5.41) is 8.89. The van der Waals surface area contributed by atoms with Crippen LogP contribution in [0.4, 0.5) is 5.82 Å². The van der Waals surface area contributed by atoms with Gasteiger partial charge in [0.05, 0.1) is 0 Å². The van der Waals surface area contributed by atoms with Gasteiger partial charge in [-0.15, -0.1) is 0 Å². The van der Waals surface area contributed by atoms with E-state index in [4.69, 9.17) is 5.11 Å². The van der Waals surface area contributed by atoms with E-state index in [0.717, 1.165) is 25.2 Å². The molecule has 1 aromatic rings. The fourth-order valence-electron chi connectivity index (χ4n) is 2.14. The van der Waals surface area contributed by atoms with Crippen molar-refractivity contribution in [2.24, 2.45) is 0 Å².